The normalized spacial score (nSPS) is 13.5. The highest BCUT2D eigenvalue weighted by molar-refractivity contribution is 9.10. The summed E-state index contributed by atoms with van der Waals surface area (Å²) in [7, 11) is -3.61. The first-order chi connectivity index (χ1) is 8.36. The predicted octanol–water partition coefficient (Wildman–Crippen LogP) is 2.28. The Morgan fingerprint density at radius 1 is 1.56 bits per heavy atom. The molecule has 0 spiro atoms. The first-order valence-corrected chi connectivity index (χ1v) is 8.07. The minimum atomic E-state index is -3.61. The fourth-order valence-corrected chi connectivity index (χ4v) is 3.41. The van der Waals surface area contributed by atoms with Gasteiger partial charge >= 0.3 is 0 Å². The van der Waals surface area contributed by atoms with Crippen molar-refractivity contribution in [3.05, 3.63) is 16.7 Å². The molecule has 0 amide bonds. The molecule has 0 fully saturated rings. The molecule has 0 bridgehead atoms. The van der Waals surface area contributed by atoms with Gasteiger partial charge < -0.3 is 5.73 Å². The molecule has 0 aromatic carbocycles. The summed E-state index contributed by atoms with van der Waals surface area (Å²) in [6, 6.07) is 1.34. The van der Waals surface area contributed by atoms with Crippen LogP contribution < -0.4 is 10.5 Å². The van der Waals surface area contributed by atoms with E-state index in [2.05, 4.69) is 32.6 Å². The van der Waals surface area contributed by atoms with Crippen LogP contribution in [0.1, 0.15) is 33.1 Å². The van der Waals surface area contributed by atoms with E-state index in [1.165, 1.54) is 12.3 Å². The monoisotopic (exact) mass is 335 g/mol. The molecule has 0 aliphatic rings. The van der Waals surface area contributed by atoms with Gasteiger partial charge in [-0.1, -0.05) is 19.8 Å². The maximum Gasteiger partial charge on any atom is 0.244 e. The largest absolute Gasteiger partial charge is 0.383 e. The fraction of sp³-hybridized carbons (Fsp3) is 0.545. The van der Waals surface area contributed by atoms with Crippen LogP contribution >= 0.6 is 15.9 Å². The molecule has 102 valence electrons. The number of pyridine rings is 1. The van der Waals surface area contributed by atoms with Crippen molar-refractivity contribution in [2.45, 2.75) is 44.0 Å². The van der Waals surface area contributed by atoms with Gasteiger partial charge in [0.15, 0.2) is 0 Å². The van der Waals surface area contributed by atoms with E-state index in [0.717, 1.165) is 19.3 Å². The van der Waals surface area contributed by atoms with Crippen LogP contribution in [-0.2, 0) is 10.0 Å². The van der Waals surface area contributed by atoms with E-state index in [9.17, 15) is 8.42 Å². The van der Waals surface area contributed by atoms with Gasteiger partial charge in [0.05, 0.1) is 0 Å². The van der Waals surface area contributed by atoms with E-state index >= 15 is 0 Å². The first kappa shape index (κ1) is 15.4. The average Bonchev–Trinajstić information content (AvgIpc) is 2.29. The molecule has 1 rings (SSSR count). The van der Waals surface area contributed by atoms with Crippen LogP contribution in [0.2, 0.25) is 0 Å². The number of nitrogens with two attached hydrogens (primary N) is 1. The Bertz CT molecular complexity index is 505. The Labute approximate surface area is 116 Å². The zero-order chi connectivity index (χ0) is 13.8. The van der Waals surface area contributed by atoms with Crippen molar-refractivity contribution < 1.29 is 8.42 Å². The number of unbranched alkanes of at least 4 members (excludes halogenated alkanes) is 1. The Hall–Kier alpha value is -0.660. The molecule has 0 aliphatic heterocycles. The standard InChI is InChI=1S/C11H18BrN3O2S/c1-3-4-5-8(2)15-18(16,17)10-6-9(12)7-14-11(10)13/h6-8,15H,3-5H2,1-2H3,(H2,13,14). The molecule has 7 heteroatoms. The molecule has 1 aromatic heterocycles. The summed E-state index contributed by atoms with van der Waals surface area (Å²) < 4.78 is 27.4. The summed E-state index contributed by atoms with van der Waals surface area (Å²) in [5.41, 5.74) is 5.60. The molecule has 1 unspecified atom stereocenters. The van der Waals surface area contributed by atoms with E-state index in [0.29, 0.717) is 4.47 Å². The van der Waals surface area contributed by atoms with Crippen LogP contribution in [0.4, 0.5) is 5.82 Å². The van der Waals surface area contributed by atoms with E-state index < -0.39 is 10.0 Å². The Morgan fingerprint density at radius 2 is 2.22 bits per heavy atom. The van der Waals surface area contributed by atoms with Gasteiger partial charge in [0.25, 0.3) is 0 Å². The number of nitrogens with one attached hydrogen (secondary N) is 1. The first-order valence-electron chi connectivity index (χ1n) is 5.80. The molecule has 0 saturated carbocycles. The molecule has 18 heavy (non-hydrogen) atoms. The summed E-state index contributed by atoms with van der Waals surface area (Å²) in [5.74, 6) is 0.00777. The third-order valence-corrected chi connectivity index (χ3v) is 4.54. The number of halogens is 1. The van der Waals surface area contributed by atoms with Gasteiger partial charge in [-0.15, -0.1) is 0 Å². The second kappa shape index (κ2) is 6.49. The van der Waals surface area contributed by atoms with Crippen molar-refractivity contribution in [3.8, 4) is 0 Å². The van der Waals surface area contributed by atoms with Gasteiger partial charge in [0, 0.05) is 16.7 Å². The summed E-state index contributed by atoms with van der Waals surface area (Å²) in [5, 5.41) is 0. The topological polar surface area (TPSA) is 85.1 Å². The summed E-state index contributed by atoms with van der Waals surface area (Å²) in [6.07, 6.45) is 4.29. The van der Waals surface area contributed by atoms with E-state index in [4.69, 9.17) is 5.73 Å². The highest BCUT2D eigenvalue weighted by atomic mass is 79.9. The van der Waals surface area contributed by atoms with Gasteiger partial charge in [-0.2, -0.15) is 0 Å². The number of sulfonamides is 1. The molecule has 0 aliphatic carbocycles. The maximum absolute atomic E-state index is 12.1. The highest BCUT2D eigenvalue weighted by Gasteiger charge is 2.20. The van der Waals surface area contributed by atoms with Crippen molar-refractivity contribution >= 4 is 31.8 Å². The molecule has 1 heterocycles. The zero-order valence-electron chi connectivity index (χ0n) is 10.5. The zero-order valence-corrected chi connectivity index (χ0v) is 12.9. The number of nitrogens with zero attached hydrogens (tertiary/aromatic N) is 1. The maximum atomic E-state index is 12.1. The predicted molar refractivity (Wildman–Crippen MR) is 75.7 cm³/mol. The molecule has 0 radical (unpaired) electrons. The van der Waals surface area contributed by atoms with Crippen LogP contribution in [0.15, 0.2) is 21.6 Å². The minimum Gasteiger partial charge on any atom is -0.383 e. The Balaban J connectivity index is 2.89. The molecule has 0 saturated heterocycles. The molecule has 5 nitrogen and oxygen atoms in total. The molecular weight excluding hydrogens is 318 g/mol. The lowest BCUT2D eigenvalue weighted by Crippen LogP contribution is -2.33. The van der Waals surface area contributed by atoms with Crippen molar-refractivity contribution in [2.24, 2.45) is 0 Å². The quantitative estimate of drug-likeness (QED) is 0.835. The number of hydrogen-bond donors (Lipinski definition) is 2. The van der Waals surface area contributed by atoms with Crippen molar-refractivity contribution in [1.82, 2.24) is 9.71 Å². The minimum absolute atomic E-state index is 0.00777. The molecule has 3 N–H and O–H groups in total. The second-order valence-electron chi connectivity index (χ2n) is 4.20. The Kier molecular flexibility index (Phi) is 5.55. The van der Waals surface area contributed by atoms with Crippen LogP contribution in [0.3, 0.4) is 0 Å². The third-order valence-electron chi connectivity index (χ3n) is 2.48. The SMILES string of the molecule is CCCCC(C)NS(=O)(=O)c1cc(Br)cnc1N. The molecule has 1 aromatic rings. The lowest BCUT2D eigenvalue weighted by molar-refractivity contribution is 0.534. The second-order valence-corrected chi connectivity index (χ2v) is 6.80. The summed E-state index contributed by atoms with van der Waals surface area (Å²) >= 11 is 3.19. The smallest absolute Gasteiger partial charge is 0.244 e. The number of rotatable bonds is 6. The number of hydrogen-bond acceptors (Lipinski definition) is 4. The molecular formula is C11H18BrN3O2S. The average molecular weight is 336 g/mol. The highest BCUT2D eigenvalue weighted by Crippen LogP contribution is 2.20. The van der Waals surface area contributed by atoms with Crippen LogP contribution in [0, 0.1) is 0 Å². The Morgan fingerprint density at radius 3 is 2.83 bits per heavy atom. The van der Waals surface area contributed by atoms with Gasteiger partial charge in [0.1, 0.15) is 10.7 Å². The van der Waals surface area contributed by atoms with E-state index in [-0.39, 0.29) is 16.8 Å². The van der Waals surface area contributed by atoms with Crippen molar-refractivity contribution in [1.29, 1.82) is 0 Å². The third kappa shape index (κ3) is 4.22. The fourth-order valence-electron chi connectivity index (χ4n) is 1.54. The van der Waals surface area contributed by atoms with Gasteiger partial charge in [0.2, 0.25) is 10.0 Å². The lowest BCUT2D eigenvalue weighted by atomic mass is 10.2. The van der Waals surface area contributed by atoms with Crippen LogP contribution in [0.5, 0.6) is 0 Å². The van der Waals surface area contributed by atoms with Crippen molar-refractivity contribution in [2.75, 3.05) is 5.73 Å². The summed E-state index contributed by atoms with van der Waals surface area (Å²) in [6.45, 7) is 3.91. The van der Waals surface area contributed by atoms with Crippen LogP contribution in [-0.4, -0.2) is 19.4 Å². The number of aromatic nitrogens is 1. The van der Waals surface area contributed by atoms with Gasteiger partial charge in [-0.25, -0.2) is 18.1 Å². The summed E-state index contributed by atoms with van der Waals surface area (Å²) in [4.78, 5) is 3.84. The van der Waals surface area contributed by atoms with E-state index in [1.807, 2.05) is 6.92 Å². The van der Waals surface area contributed by atoms with Crippen molar-refractivity contribution in [3.63, 3.8) is 0 Å². The lowest BCUT2D eigenvalue weighted by Gasteiger charge is -2.14. The van der Waals surface area contributed by atoms with Gasteiger partial charge in [-0.3, -0.25) is 0 Å². The van der Waals surface area contributed by atoms with Crippen LogP contribution in [0.25, 0.3) is 0 Å². The van der Waals surface area contributed by atoms with Gasteiger partial charge in [-0.05, 0) is 35.3 Å². The number of nitrogen functional groups attached to an aromatic ring is 1. The van der Waals surface area contributed by atoms with E-state index in [1.54, 1.807) is 0 Å². The number of anilines is 1. The molecule has 1 atom stereocenters.